The number of benzene rings is 1. The number of aryl methyl sites for hydroxylation is 1. The Bertz CT molecular complexity index is 776. The summed E-state index contributed by atoms with van der Waals surface area (Å²) in [7, 11) is 0. The van der Waals surface area contributed by atoms with Gasteiger partial charge in [0.2, 0.25) is 0 Å². The minimum Gasteiger partial charge on any atom is -0.318 e. The van der Waals surface area contributed by atoms with Crippen molar-refractivity contribution in [1.29, 1.82) is 0 Å². The Morgan fingerprint density at radius 2 is 1.95 bits per heavy atom. The van der Waals surface area contributed by atoms with E-state index in [9.17, 15) is 4.79 Å². The lowest BCUT2D eigenvalue weighted by atomic mass is 10.2. The Labute approximate surface area is 133 Å². The topological polar surface area (TPSA) is 46.9 Å². The van der Waals surface area contributed by atoms with E-state index in [1.54, 1.807) is 0 Å². The third-order valence-corrected chi connectivity index (χ3v) is 4.41. The van der Waals surface area contributed by atoms with Crippen molar-refractivity contribution in [2.45, 2.75) is 20.4 Å². The molecule has 3 aromatic rings. The van der Waals surface area contributed by atoms with Gasteiger partial charge < -0.3 is 5.32 Å². The molecule has 1 aromatic carbocycles. The average molecular weight is 311 g/mol. The summed E-state index contributed by atoms with van der Waals surface area (Å²) in [4.78, 5) is 12.9. The van der Waals surface area contributed by atoms with Crippen molar-refractivity contribution < 1.29 is 4.79 Å². The fourth-order valence-corrected chi connectivity index (χ4v) is 2.99. The third-order valence-electron chi connectivity index (χ3n) is 3.54. The normalized spacial score (nSPS) is 10.6. The van der Waals surface area contributed by atoms with Crippen molar-refractivity contribution in [3.8, 4) is 0 Å². The fraction of sp³-hybridized carbons (Fsp3) is 0.176. The molecule has 0 unspecified atom stereocenters. The number of nitrogens with one attached hydrogen (secondary N) is 1. The zero-order valence-electron chi connectivity index (χ0n) is 12.5. The molecule has 22 heavy (non-hydrogen) atoms. The Hall–Kier alpha value is -2.40. The van der Waals surface area contributed by atoms with Crippen LogP contribution in [0.1, 0.15) is 26.6 Å². The number of hydrogen-bond donors (Lipinski definition) is 1. The molecule has 0 spiro atoms. The largest absolute Gasteiger partial charge is 0.318 e. The van der Waals surface area contributed by atoms with Crippen molar-refractivity contribution in [3.05, 3.63) is 69.7 Å². The van der Waals surface area contributed by atoms with Gasteiger partial charge in [-0.2, -0.15) is 5.10 Å². The van der Waals surface area contributed by atoms with Crippen LogP contribution in [0, 0.1) is 13.8 Å². The molecule has 0 aliphatic carbocycles. The molecule has 1 amide bonds. The highest BCUT2D eigenvalue weighted by Crippen LogP contribution is 2.22. The highest BCUT2D eigenvalue weighted by molar-refractivity contribution is 7.12. The number of thiophene rings is 1. The Morgan fingerprint density at radius 1 is 1.18 bits per heavy atom. The molecule has 1 N–H and O–H groups in total. The first kappa shape index (κ1) is 14.5. The molecule has 0 aliphatic heterocycles. The van der Waals surface area contributed by atoms with Crippen LogP contribution in [0.4, 0.5) is 5.69 Å². The molecule has 5 heteroatoms. The van der Waals surface area contributed by atoms with Gasteiger partial charge in [-0.25, -0.2) is 0 Å². The molecule has 2 heterocycles. The highest BCUT2D eigenvalue weighted by atomic mass is 32.1. The van der Waals surface area contributed by atoms with Gasteiger partial charge in [-0.05, 0) is 30.9 Å². The molecule has 0 atom stereocenters. The predicted molar refractivity (Wildman–Crippen MR) is 89.5 cm³/mol. The number of carbonyl (C=O) groups excluding carboxylic acids is 1. The molecule has 3 rings (SSSR count). The van der Waals surface area contributed by atoms with Crippen LogP contribution in [0.3, 0.4) is 0 Å². The number of aromatic nitrogens is 2. The van der Waals surface area contributed by atoms with Gasteiger partial charge in [-0.3, -0.25) is 9.48 Å². The van der Waals surface area contributed by atoms with Gasteiger partial charge in [-0.1, -0.05) is 36.4 Å². The van der Waals surface area contributed by atoms with Gasteiger partial charge in [0.05, 0.1) is 28.5 Å². The first-order valence-corrected chi connectivity index (χ1v) is 7.96. The number of nitrogens with zero attached hydrogens (tertiary/aromatic N) is 2. The minimum atomic E-state index is -0.0829. The van der Waals surface area contributed by atoms with Gasteiger partial charge in [-0.15, -0.1) is 11.3 Å². The molecule has 4 nitrogen and oxygen atoms in total. The Morgan fingerprint density at radius 3 is 2.64 bits per heavy atom. The van der Waals surface area contributed by atoms with E-state index in [-0.39, 0.29) is 5.91 Å². The third kappa shape index (κ3) is 2.94. The summed E-state index contributed by atoms with van der Waals surface area (Å²) >= 11 is 1.43. The standard InChI is InChI=1S/C17H17N3OS/c1-12-16(18-17(21)15-9-6-10-22-15)13(2)20(19-12)11-14-7-4-3-5-8-14/h3-10H,11H2,1-2H3,(H,18,21). The van der Waals surface area contributed by atoms with Gasteiger partial charge in [0.1, 0.15) is 0 Å². The smallest absolute Gasteiger partial charge is 0.265 e. The zero-order chi connectivity index (χ0) is 15.5. The Balaban J connectivity index is 1.83. The van der Waals surface area contributed by atoms with E-state index in [0.29, 0.717) is 11.4 Å². The van der Waals surface area contributed by atoms with E-state index in [1.807, 2.05) is 54.2 Å². The average Bonchev–Trinajstić information content (AvgIpc) is 3.13. The molecule has 0 saturated heterocycles. The molecule has 0 bridgehead atoms. The molecule has 0 aliphatic rings. The quantitative estimate of drug-likeness (QED) is 0.795. The van der Waals surface area contributed by atoms with Crippen molar-refractivity contribution in [1.82, 2.24) is 9.78 Å². The molecule has 0 radical (unpaired) electrons. The van der Waals surface area contributed by atoms with Crippen LogP contribution in [0.2, 0.25) is 0 Å². The van der Waals surface area contributed by atoms with E-state index in [1.165, 1.54) is 16.9 Å². The molecular weight excluding hydrogens is 294 g/mol. The van der Waals surface area contributed by atoms with Crippen molar-refractivity contribution >= 4 is 22.9 Å². The van der Waals surface area contributed by atoms with Gasteiger partial charge in [0.25, 0.3) is 5.91 Å². The lowest BCUT2D eigenvalue weighted by Crippen LogP contribution is -2.12. The lowest BCUT2D eigenvalue weighted by molar-refractivity contribution is 0.103. The predicted octanol–water partition coefficient (Wildman–Crippen LogP) is 3.86. The number of hydrogen-bond acceptors (Lipinski definition) is 3. The van der Waals surface area contributed by atoms with Gasteiger partial charge in [0, 0.05) is 0 Å². The van der Waals surface area contributed by atoms with E-state index in [2.05, 4.69) is 22.5 Å². The summed E-state index contributed by atoms with van der Waals surface area (Å²) in [6.45, 7) is 4.59. The first-order valence-electron chi connectivity index (χ1n) is 7.08. The van der Waals surface area contributed by atoms with E-state index in [0.717, 1.165) is 17.1 Å². The van der Waals surface area contributed by atoms with Crippen LogP contribution in [-0.2, 0) is 6.54 Å². The van der Waals surface area contributed by atoms with Crippen molar-refractivity contribution in [3.63, 3.8) is 0 Å². The zero-order valence-corrected chi connectivity index (χ0v) is 13.4. The molecule has 0 fully saturated rings. The number of anilines is 1. The maximum atomic E-state index is 12.2. The summed E-state index contributed by atoms with van der Waals surface area (Å²) in [6, 6.07) is 13.9. The number of carbonyl (C=O) groups is 1. The second kappa shape index (κ2) is 6.15. The van der Waals surface area contributed by atoms with E-state index >= 15 is 0 Å². The number of amides is 1. The minimum absolute atomic E-state index is 0.0829. The van der Waals surface area contributed by atoms with Crippen LogP contribution in [0.5, 0.6) is 0 Å². The summed E-state index contributed by atoms with van der Waals surface area (Å²) in [5.41, 5.74) is 3.78. The van der Waals surface area contributed by atoms with Crippen LogP contribution < -0.4 is 5.32 Å². The summed E-state index contributed by atoms with van der Waals surface area (Å²) in [5.74, 6) is -0.0829. The van der Waals surface area contributed by atoms with Gasteiger partial charge >= 0.3 is 0 Å². The number of rotatable bonds is 4. The first-order chi connectivity index (χ1) is 10.6. The van der Waals surface area contributed by atoms with Crippen LogP contribution in [0.25, 0.3) is 0 Å². The summed E-state index contributed by atoms with van der Waals surface area (Å²) in [5, 5.41) is 9.42. The SMILES string of the molecule is Cc1nn(Cc2ccccc2)c(C)c1NC(=O)c1cccs1. The lowest BCUT2D eigenvalue weighted by Gasteiger charge is -2.06. The fourth-order valence-electron chi connectivity index (χ4n) is 2.37. The van der Waals surface area contributed by atoms with E-state index < -0.39 is 0 Å². The highest BCUT2D eigenvalue weighted by Gasteiger charge is 2.15. The summed E-state index contributed by atoms with van der Waals surface area (Å²) in [6.07, 6.45) is 0. The monoisotopic (exact) mass is 311 g/mol. The van der Waals surface area contributed by atoms with Crippen molar-refractivity contribution in [2.75, 3.05) is 5.32 Å². The molecular formula is C17H17N3OS. The second-order valence-corrected chi connectivity index (χ2v) is 6.07. The molecule has 0 saturated carbocycles. The van der Waals surface area contributed by atoms with Crippen LogP contribution in [-0.4, -0.2) is 15.7 Å². The molecule has 2 aromatic heterocycles. The Kier molecular flexibility index (Phi) is 4.06. The van der Waals surface area contributed by atoms with Crippen LogP contribution >= 0.6 is 11.3 Å². The maximum absolute atomic E-state index is 12.2. The summed E-state index contributed by atoms with van der Waals surface area (Å²) < 4.78 is 1.93. The van der Waals surface area contributed by atoms with Crippen molar-refractivity contribution in [2.24, 2.45) is 0 Å². The van der Waals surface area contributed by atoms with Crippen LogP contribution in [0.15, 0.2) is 47.8 Å². The molecule has 112 valence electrons. The second-order valence-electron chi connectivity index (χ2n) is 5.12. The van der Waals surface area contributed by atoms with Gasteiger partial charge in [0.15, 0.2) is 0 Å². The maximum Gasteiger partial charge on any atom is 0.265 e. The van der Waals surface area contributed by atoms with E-state index in [4.69, 9.17) is 0 Å².